The Morgan fingerprint density at radius 2 is 1.89 bits per heavy atom. The molecular weight excluding hydrogens is 243 g/mol. The number of nitrogens with one attached hydrogen (secondary N) is 1. The summed E-state index contributed by atoms with van der Waals surface area (Å²) in [6, 6.07) is 6.14. The molecule has 3 N–H and O–H groups in total. The van der Waals surface area contributed by atoms with Gasteiger partial charge in [0.15, 0.2) is 0 Å². The Morgan fingerprint density at radius 3 is 2.63 bits per heavy atom. The second-order valence-electron chi connectivity index (χ2n) is 5.25. The Balaban J connectivity index is 1.87. The highest BCUT2D eigenvalue weighted by molar-refractivity contribution is 5.79. The monoisotopic (exact) mass is 264 g/mol. The molecule has 1 fully saturated rings. The van der Waals surface area contributed by atoms with Gasteiger partial charge in [-0.25, -0.2) is 4.39 Å². The molecule has 19 heavy (non-hydrogen) atoms. The summed E-state index contributed by atoms with van der Waals surface area (Å²) in [7, 11) is 0. The lowest BCUT2D eigenvalue weighted by Crippen LogP contribution is -2.41. The van der Waals surface area contributed by atoms with Crippen LogP contribution in [0.1, 0.15) is 37.7 Å². The average molecular weight is 264 g/mol. The van der Waals surface area contributed by atoms with E-state index >= 15 is 0 Å². The van der Waals surface area contributed by atoms with E-state index in [4.69, 9.17) is 5.73 Å². The average Bonchev–Trinajstić information content (AvgIpc) is 2.62. The van der Waals surface area contributed by atoms with Crippen LogP contribution in [0.15, 0.2) is 24.3 Å². The summed E-state index contributed by atoms with van der Waals surface area (Å²) in [6.07, 6.45) is 5.14. The predicted octanol–water partition coefficient (Wildman–Crippen LogP) is 2.35. The maximum atomic E-state index is 12.8. The van der Waals surface area contributed by atoms with Crippen molar-refractivity contribution in [3.8, 4) is 0 Å². The topological polar surface area (TPSA) is 55.1 Å². The zero-order valence-corrected chi connectivity index (χ0v) is 11.1. The molecule has 2 atom stereocenters. The second-order valence-corrected chi connectivity index (χ2v) is 5.25. The van der Waals surface area contributed by atoms with Crippen molar-refractivity contribution in [1.29, 1.82) is 0 Å². The van der Waals surface area contributed by atoms with Crippen molar-refractivity contribution in [2.75, 3.05) is 0 Å². The van der Waals surface area contributed by atoms with Crippen molar-refractivity contribution < 1.29 is 9.18 Å². The van der Waals surface area contributed by atoms with Crippen LogP contribution in [0, 0.1) is 11.7 Å². The van der Waals surface area contributed by atoms with Crippen LogP contribution in [0.4, 0.5) is 4.39 Å². The van der Waals surface area contributed by atoms with E-state index in [0.29, 0.717) is 6.54 Å². The van der Waals surface area contributed by atoms with Gasteiger partial charge in [0.05, 0.1) is 5.92 Å². The Bertz CT molecular complexity index is 419. The minimum Gasteiger partial charge on any atom is -0.352 e. The fourth-order valence-corrected chi connectivity index (χ4v) is 2.58. The summed E-state index contributed by atoms with van der Waals surface area (Å²) < 4.78 is 12.8. The highest BCUT2D eigenvalue weighted by atomic mass is 19.1. The fourth-order valence-electron chi connectivity index (χ4n) is 2.58. The zero-order valence-electron chi connectivity index (χ0n) is 11.1. The van der Waals surface area contributed by atoms with Crippen molar-refractivity contribution in [3.05, 3.63) is 35.6 Å². The zero-order chi connectivity index (χ0) is 13.7. The number of halogens is 1. The first-order valence-electron chi connectivity index (χ1n) is 6.94. The maximum absolute atomic E-state index is 12.8. The van der Waals surface area contributed by atoms with E-state index in [0.717, 1.165) is 37.7 Å². The van der Waals surface area contributed by atoms with E-state index in [2.05, 4.69) is 5.32 Å². The lowest BCUT2D eigenvalue weighted by Gasteiger charge is -2.20. The lowest BCUT2D eigenvalue weighted by molar-refractivity contribution is -0.126. The molecule has 0 aliphatic heterocycles. The van der Waals surface area contributed by atoms with Gasteiger partial charge in [-0.1, -0.05) is 31.4 Å². The maximum Gasteiger partial charge on any atom is 0.224 e. The lowest BCUT2D eigenvalue weighted by atomic mass is 9.94. The number of rotatable bonds is 3. The van der Waals surface area contributed by atoms with Crippen LogP contribution in [-0.4, -0.2) is 11.9 Å². The van der Waals surface area contributed by atoms with E-state index in [1.165, 1.54) is 12.1 Å². The van der Waals surface area contributed by atoms with Gasteiger partial charge >= 0.3 is 0 Å². The Labute approximate surface area is 113 Å². The predicted molar refractivity (Wildman–Crippen MR) is 72.8 cm³/mol. The summed E-state index contributed by atoms with van der Waals surface area (Å²) >= 11 is 0. The summed E-state index contributed by atoms with van der Waals surface area (Å²) in [5.74, 6) is -0.317. The van der Waals surface area contributed by atoms with E-state index in [-0.39, 0.29) is 23.7 Å². The Morgan fingerprint density at radius 1 is 1.21 bits per heavy atom. The first-order valence-corrected chi connectivity index (χ1v) is 6.94. The molecule has 0 aromatic heterocycles. The number of carbonyl (C=O) groups is 1. The first kappa shape index (κ1) is 14.0. The third-order valence-corrected chi connectivity index (χ3v) is 3.79. The molecule has 1 aromatic rings. The molecule has 1 aliphatic rings. The van der Waals surface area contributed by atoms with Crippen LogP contribution >= 0.6 is 0 Å². The molecule has 0 spiro atoms. The van der Waals surface area contributed by atoms with Crippen LogP contribution in [0.5, 0.6) is 0 Å². The number of hydrogen-bond acceptors (Lipinski definition) is 2. The van der Waals surface area contributed by atoms with Gasteiger partial charge in [0, 0.05) is 12.6 Å². The quantitative estimate of drug-likeness (QED) is 0.823. The minimum absolute atomic E-state index is 0.0266. The van der Waals surface area contributed by atoms with Crippen molar-refractivity contribution >= 4 is 5.91 Å². The van der Waals surface area contributed by atoms with E-state index in [1.807, 2.05) is 0 Å². The largest absolute Gasteiger partial charge is 0.352 e. The number of hydrogen-bond donors (Lipinski definition) is 2. The van der Waals surface area contributed by atoms with Gasteiger partial charge in [-0.05, 0) is 30.5 Å². The first-order chi connectivity index (χ1) is 9.16. The van der Waals surface area contributed by atoms with Gasteiger partial charge in [0.2, 0.25) is 5.91 Å². The molecule has 3 nitrogen and oxygen atoms in total. The van der Waals surface area contributed by atoms with Crippen LogP contribution in [0.25, 0.3) is 0 Å². The van der Waals surface area contributed by atoms with Crippen molar-refractivity contribution in [2.24, 2.45) is 11.7 Å². The smallest absolute Gasteiger partial charge is 0.224 e. The minimum atomic E-state index is -0.263. The van der Waals surface area contributed by atoms with E-state index in [9.17, 15) is 9.18 Å². The Hall–Kier alpha value is -1.42. The third-order valence-electron chi connectivity index (χ3n) is 3.79. The van der Waals surface area contributed by atoms with Crippen molar-refractivity contribution in [3.63, 3.8) is 0 Å². The van der Waals surface area contributed by atoms with Crippen molar-refractivity contribution in [2.45, 2.75) is 44.7 Å². The van der Waals surface area contributed by atoms with Gasteiger partial charge in [-0.15, -0.1) is 0 Å². The van der Waals surface area contributed by atoms with Gasteiger partial charge < -0.3 is 11.1 Å². The number of carbonyl (C=O) groups excluding carboxylic acids is 1. The molecule has 1 aromatic carbocycles. The number of nitrogens with two attached hydrogens (primary N) is 1. The highest BCUT2D eigenvalue weighted by Gasteiger charge is 2.26. The summed E-state index contributed by atoms with van der Waals surface area (Å²) in [5.41, 5.74) is 6.96. The van der Waals surface area contributed by atoms with Crippen LogP contribution in [0.3, 0.4) is 0 Å². The molecule has 0 saturated heterocycles. The standard InChI is InChI=1S/C15H21FN2O/c16-12-8-6-11(7-9-12)10-18-15(19)13-4-2-1-3-5-14(13)17/h6-9,13-14H,1-5,10,17H2,(H,18,19). The molecule has 2 unspecified atom stereocenters. The van der Waals surface area contributed by atoms with Crippen molar-refractivity contribution in [1.82, 2.24) is 5.32 Å². The molecule has 0 heterocycles. The van der Waals surface area contributed by atoms with Crippen LogP contribution in [-0.2, 0) is 11.3 Å². The molecule has 104 valence electrons. The third kappa shape index (κ3) is 4.03. The molecular formula is C15H21FN2O. The summed E-state index contributed by atoms with van der Waals surface area (Å²) in [4.78, 5) is 12.1. The van der Waals surface area contributed by atoms with Gasteiger partial charge in [0.1, 0.15) is 5.82 Å². The molecule has 1 aliphatic carbocycles. The second kappa shape index (κ2) is 6.66. The molecule has 1 amide bonds. The normalized spacial score (nSPS) is 23.7. The van der Waals surface area contributed by atoms with Gasteiger partial charge in [0.25, 0.3) is 0 Å². The van der Waals surface area contributed by atoms with E-state index in [1.54, 1.807) is 12.1 Å². The Kier molecular flexibility index (Phi) is 4.91. The van der Waals surface area contributed by atoms with Gasteiger partial charge in [-0.2, -0.15) is 0 Å². The van der Waals surface area contributed by atoms with E-state index < -0.39 is 0 Å². The SMILES string of the molecule is NC1CCCCCC1C(=O)NCc1ccc(F)cc1. The number of amides is 1. The summed E-state index contributed by atoms with van der Waals surface area (Å²) in [5, 5.41) is 2.90. The molecule has 4 heteroatoms. The molecule has 0 radical (unpaired) electrons. The van der Waals surface area contributed by atoms with Gasteiger partial charge in [-0.3, -0.25) is 4.79 Å². The molecule has 0 bridgehead atoms. The fraction of sp³-hybridized carbons (Fsp3) is 0.533. The summed E-state index contributed by atoms with van der Waals surface area (Å²) in [6.45, 7) is 0.433. The van der Waals surface area contributed by atoms with Crippen LogP contribution < -0.4 is 11.1 Å². The highest BCUT2D eigenvalue weighted by Crippen LogP contribution is 2.22. The van der Waals surface area contributed by atoms with Crippen LogP contribution in [0.2, 0.25) is 0 Å². The molecule has 1 saturated carbocycles. The molecule has 2 rings (SSSR count). The number of benzene rings is 1.